The van der Waals surface area contributed by atoms with Gasteiger partial charge in [0.05, 0.1) is 4.90 Å². The first-order valence-electron chi connectivity index (χ1n) is 11.2. The maximum absolute atomic E-state index is 13.7. The fourth-order valence-corrected chi connectivity index (χ4v) is 5.88. The van der Waals surface area contributed by atoms with Gasteiger partial charge in [-0.1, -0.05) is 37.3 Å². The maximum atomic E-state index is 13.7. The normalized spacial score (nSPS) is 18.4. The fraction of sp³-hybridized carbons (Fsp3) is 0.320. The van der Waals surface area contributed by atoms with Crippen LogP contribution in [0.25, 0.3) is 0 Å². The smallest absolute Gasteiger partial charge is 0.272 e. The predicted molar refractivity (Wildman–Crippen MR) is 130 cm³/mol. The third-order valence-corrected chi connectivity index (χ3v) is 7.57. The summed E-state index contributed by atoms with van der Waals surface area (Å²) in [6.07, 6.45) is 5.32. The van der Waals surface area contributed by atoms with E-state index in [1.165, 1.54) is 11.6 Å². The Morgan fingerprint density at radius 3 is 2.91 bits per heavy atom. The minimum Gasteiger partial charge on any atom is -0.345 e. The van der Waals surface area contributed by atoms with Crippen LogP contribution in [0.3, 0.4) is 0 Å². The van der Waals surface area contributed by atoms with Crippen molar-refractivity contribution in [1.29, 1.82) is 10.0 Å². The van der Waals surface area contributed by atoms with Crippen molar-refractivity contribution in [2.24, 2.45) is 13.0 Å². The van der Waals surface area contributed by atoms with Crippen LogP contribution < -0.4 is 10.0 Å². The minimum absolute atomic E-state index is 0.106. The van der Waals surface area contributed by atoms with Crippen molar-refractivity contribution in [3.63, 3.8) is 0 Å². The monoisotopic (exact) mass is 478 g/mol. The van der Waals surface area contributed by atoms with Gasteiger partial charge in [0, 0.05) is 31.0 Å². The number of amides is 1. The van der Waals surface area contributed by atoms with Crippen molar-refractivity contribution < 1.29 is 9.18 Å². The highest BCUT2D eigenvalue weighted by atomic mass is 32.2. The maximum Gasteiger partial charge on any atom is 0.272 e. The number of rotatable bonds is 6. The minimum atomic E-state index is -0.956. The molecule has 0 fully saturated rings. The Balaban J connectivity index is 1.50. The topological polar surface area (TPSA) is 107 Å². The Bertz CT molecular complexity index is 1270. The number of nitriles is 1. The summed E-state index contributed by atoms with van der Waals surface area (Å²) in [6.45, 7) is 2.21. The molecule has 1 aliphatic rings. The zero-order chi connectivity index (χ0) is 24.2. The van der Waals surface area contributed by atoms with E-state index in [1.54, 1.807) is 17.7 Å². The van der Waals surface area contributed by atoms with E-state index in [-0.39, 0.29) is 17.4 Å². The summed E-state index contributed by atoms with van der Waals surface area (Å²) in [4.78, 5) is 17.4. The predicted octanol–water partition coefficient (Wildman–Crippen LogP) is 4.51. The molecular formula is C25H27FN6OS. The number of aryl methyl sites for hydroxylation is 2. The van der Waals surface area contributed by atoms with Gasteiger partial charge in [-0.2, -0.15) is 9.65 Å². The Morgan fingerprint density at radius 2 is 2.18 bits per heavy atom. The number of aromatic nitrogens is 2. The SMILES string of the molecule is CC(CCc1ccccc1)C1CCc2c(cn(C)c2C(=O)Nc2cc(F)nc(C#N)c2)S(=N)N1. The summed E-state index contributed by atoms with van der Waals surface area (Å²) in [5, 5.41) is 11.7. The number of benzene rings is 1. The zero-order valence-electron chi connectivity index (χ0n) is 19.1. The highest BCUT2D eigenvalue weighted by molar-refractivity contribution is 7.84. The van der Waals surface area contributed by atoms with Crippen LogP contribution in [-0.4, -0.2) is 21.5 Å². The van der Waals surface area contributed by atoms with Gasteiger partial charge < -0.3 is 9.88 Å². The molecule has 2 aromatic heterocycles. The number of anilines is 1. The lowest BCUT2D eigenvalue weighted by atomic mass is 9.91. The van der Waals surface area contributed by atoms with Crippen LogP contribution in [0.1, 0.15) is 47.1 Å². The summed E-state index contributed by atoms with van der Waals surface area (Å²) in [5.74, 6) is -0.852. The Labute approximate surface area is 201 Å². The van der Waals surface area contributed by atoms with Gasteiger partial charge >= 0.3 is 0 Å². The van der Waals surface area contributed by atoms with Crippen molar-refractivity contribution in [2.75, 3.05) is 5.32 Å². The number of hydrogen-bond donors (Lipinski definition) is 3. The molecule has 1 aliphatic heterocycles. The molecule has 3 N–H and O–H groups in total. The van der Waals surface area contributed by atoms with E-state index in [0.717, 1.165) is 35.8 Å². The molecule has 0 radical (unpaired) electrons. The van der Waals surface area contributed by atoms with Gasteiger partial charge in [-0.3, -0.25) is 9.57 Å². The quantitative estimate of drug-likeness (QED) is 0.453. The summed E-state index contributed by atoms with van der Waals surface area (Å²) in [7, 11) is 0.816. The molecule has 3 atom stereocenters. The first-order valence-corrected chi connectivity index (χ1v) is 12.4. The number of halogens is 1. The van der Waals surface area contributed by atoms with E-state index < -0.39 is 22.7 Å². The van der Waals surface area contributed by atoms with Gasteiger partial charge in [0.2, 0.25) is 5.95 Å². The lowest BCUT2D eigenvalue weighted by molar-refractivity contribution is 0.101. The molecule has 1 amide bonds. The largest absolute Gasteiger partial charge is 0.345 e. The molecule has 1 aromatic carbocycles. The number of nitrogens with zero attached hydrogens (tertiary/aromatic N) is 3. The summed E-state index contributed by atoms with van der Waals surface area (Å²) in [6, 6.07) is 14.8. The molecule has 3 aromatic rings. The standard InChI is InChI=1S/C25H27FN6OS/c1-16(8-9-17-6-4-3-5-7-17)21-11-10-20-22(34(28)31-21)15-32(2)24(20)25(33)30-18-12-19(14-27)29-23(26)13-18/h3-7,12-13,15-16,21H,8-11H2,1-2H3,(H2,28,31)(H,29,30,33). The van der Waals surface area contributed by atoms with Crippen LogP contribution in [0.2, 0.25) is 0 Å². The Kier molecular flexibility index (Phi) is 7.20. The van der Waals surface area contributed by atoms with E-state index in [9.17, 15) is 9.18 Å². The first-order chi connectivity index (χ1) is 16.4. The molecule has 0 bridgehead atoms. The number of carbonyl (C=O) groups is 1. The van der Waals surface area contributed by atoms with Crippen molar-refractivity contribution in [2.45, 2.75) is 43.5 Å². The summed E-state index contributed by atoms with van der Waals surface area (Å²) < 4.78 is 27.6. The molecular weight excluding hydrogens is 451 g/mol. The van der Waals surface area contributed by atoms with Crippen molar-refractivity contribution >= 4 is 22.5 Å². The lowest BCUT2D eigenvalue weighted by Gasteiger charge is -2.24. The number of fused-ring (bicyclic) bond motifs is 1. The Morgan fingerprint density at radius 1 is 1.41 bits per heavy atom. The lowest BCUT2D eigenvalue weighted by Crippen LogP contribution is -2.35. The molecule has 3 heterocycles. The molecule has 0 aliphatic carbocycles. The van der Waals surface area contributed by atoms with Gasteiger partial charge in [0.15, 0.2) is 0 Å². The molecule has 3 unspecified atom stereocenters. The van der Waals surface area contributed by atoms with Crippen molar-refractivity contribution in [1.82, 2.24) is 14.3 Å². The third kappa shape index (κ3) is 5.24. The van der Waals surface area contributed by atoms with Crippen LogP contribution >= 0.6 is 0 Å². The molecule has 9 heteroatoms. The fourth-order valence-electron chi connectivity index (χ4n) is 4.39. The van der Waals surface area contributed by atoms with Crippen molar-refractivity contribution in [3.05, 3.63) is 77.1 Å². The van der Waals surface area contributed by atoms with Crippen LogP contribution in [0, 0.1) is 28.0 Å². The van der Waals surface area contributed by atoms with Crippen molar-refractivity contribution in [3.8, 4) is 6.07 Å². The van der Waals surface area contributed by atoms with Crippen LogP contribution in [0.5, 0.6) is 0 Å². The second kappa shape index (κ2) is 10.3. The average Bonchev–Trinajstić information content (AvgIpc) is 3.07. The highest BCUT2D eigenvalue weighted by Crippen LogP contribution is 2.29. The van der Waals surface area contributed by atoms with E-state index in [4.69, 9.17) is 10.0 Å². The molecule has 0 spiro atoms. The highest BCUT2D eigenvalue weighted by Gasteiger charge is 2.29. The molecule has 0 saturated heterocycles. The van der Waals surface area contributed by atoms with Crippen LogP contribution in [-0.2, 0) is 30.8 Å². The van der Waals surface area contributed by atoms with Gasteiger partial charge in [0.1, 0.15) is 17.5 Å². The van der Waals surface area contributed by atoms with Gasteiger partial charge in [-0.25, -0.2) is 9.71 Å². The third-order valence-electron chi connectivity index (χ3n) is 6.24. The number of pyridine rings is 1. The van der Waals surface area contributed by atoms with Crippen LogP contribution in [0.4, 0.5) is 10.1 Å². The molecule has 176 valence electrons. The Hall–Kier alpha value is -3.35. The van der Waals surface area contributed by atoms with E-state index in [0.29, 0.717) is 18.0 Å². The van der Waals surface area contributed by atoms with E-state index in [2.05, 4.69) is 46.2 Å². The number of nitrogens with one attached hydrogen (secondary N) is 3. The van der Waals surface area contributed by atoms with Gasteiger partial charge in [-0.15, -0.1) is 0 Å². The van der Waals surface area contributed by atoms with Gasteiger partial charge in [0.25, 0.3) is 5.91 Å². The summed E-state index contributed by atoms with van der Waals surface area (Å²) >= 11 is 0. The van der Waals surface area contributed by atoms with Crippen LogP contribution in [0.15, 0.2) is 53.6 Å². The number of carbonyl (C=O) groups excluding carboxylic acids is 1. The zero-order valence-corrected chi connectivity index (χ0v) is 20.0. The molecule has 0 saturated carbocycles. The second-order valence-electron chi connectivity index (χ2n) is 8.63. The molecule has 34 heavy (non-hydrogen) atoms. The second-order valence-corrected chi connectivity index (χ2v) is 9.92. The number of hydrogen-bond acceptors (Lipinski definition) is 4. The van der Waals surface area contributed by atoms with E-state index in [1.807, 2.05) is 12.3 Å². The average molecular weight is 479 g/mol. The molecule has 4 rings (SSSR count). The van der Waals surface area contributed by atoms with Gasteiger partial charge in [-0.05, 0) is 59.7 Å². The summed E-state index contributed by atoms with van der Waals surface area (Å²) in [5.41, 5.74) is 2.68. The molecule has 7 nitrogen and oxygen atoms in total. The van der Waals surface area contributed by atoms with E-state index >= 15 is 0 Å². The first kappa shape index (κ1) is 23.8.